The molecule has 0 spiro atoms. The molecule has 0 radical (unpaired) electrons. The monoisotopic (exact) mass is 311 g/mol. The summed E-state index contributed by atoms with van der Waals surface area (Å²) in [6.45, 7) is 3.55. The van der Waals surface area contributed by atoms with Gasteiger partial charge in [0.15, 0.2) is 0 Å². The summed E-state index contributed by atoms with van der Waals surface area (Å²) in [6.07, 6.45) is 1.93. The largest absolute Gasteiger partial charge is 0.492 e. The van der Waals surface area contributed by atoms with Crippen molar-refractivity contribution in [3.63, 3.8) is 0 Å². The van der Waals surface area contributed by atoms with Crippen LogP contribution in [0.1, 0.15) is 12.8 Å². The third-order valence-corrected chi connectivity index (χ3v) is 3.88. The highest BCUT2D eigenvalue weighted by Gasteiger charge is 2.19. The van der Waals surface area contributed by atoms with Crippen LogP contribution in [0.5, 0.6) is 5.75 Å². The van der Waals surface area contributed by atoms with Crippen LogP contribution in [0.3, 0.4) is 0 Å². The van der Waals surface area contributed by atoms with Gasteiger partial charge in [0.25, 0.3) is 0 Å². The molecule has 1 fully saturated rings. The zero-order chi connectivity index (χ0) is 15.1. The summed E-state index contributed by atoms with van der Waals surface area (Å²) in [6, 6.07) is 7.65. The van der Waals surface area contributed by atoms with Gasteiger partial charge in [-0.05, 0) is 37.1 Å². The Labute approximate surface area is 130 Å². The molecule has 1 amide bonds. The molecule has 1 aliphatic rings. The van der Waals surface area contributed by atoms with E-state index < -0.39 is 0 Å². The first-order valence-electron chi connectivity index (χ1n) is 7.27. The number of nitrogens with zero attached hydrogens (tertiary/aromatic N) is 1. The quantitative estimate of drug-likeness (QED) is 0.830. The molecule has 0 aliphatic carbocycles. The van der Waals surface area contributed by atoms with Crippen molar-refractivity contribution >= 4 is 17.5 Å². The van der Waals surface area contributed by atoms with E-state index in [9.17, 15) is 4.79 Å². The lowest BCUT2D eigenvalue weighted by Crippen LogP contribution is -2.46. The van der Waals surface area contributed by atoms with E-state index in [1.807, 2.05) is 24.3 Å². The molecular weight excluding hydrogens is 290 g/mol. The van der Waals surface area contributed by atoms with Crippen molar-refractivity contribution in [3.8, 4) is 5.75 Å². The number of rotatable bonds is 6. The lowest BCUT2D eigenvalue weighted by molar-refractivity contribution is -0.120. The Morgan fingerprint density at radius 2 is 2.00 bits per heavy atom. The van der Waals surface area contributed by atoms with E-state index >= 15 is 0 Å². The summed E-state index contributed by atoms with van der Waals surface area (Å²) < 4.78 is 5.69. The first-order valence-corrected chi connectivity index (χ1v) is 7.65. The number of likely N-dealkylation sites (tertiary alicyclic amines) is 1. The van der Waals surface area contributed by atoms with Crippen molar-refractivity contribution < 1.29 is 9.53 Å². The topological polar surface area (TPSA) is 67.6 Å². The van der Waals surface area contributed by atoms with E-state index in [1.165, 1.54) is 0 Å². The molecule has 0 atom stereocenters. The standard InChI is InChI=1S/C15H22ClN3O2/c16-12-1-3-14(4-2-12)21-10-9-19-7-5-13(6-8-19)18-15(20)11-17/h1-4,13H,5-11,17H2,(H,18,20). The van der Waals surface area contributed by atoms with E-state index in [0.29, 0.717) is 11.6 Å². The second kappa shape index (κ2) is 8.22. The lowest BCUT2D eigenvalue weighted by Gasteiger charge is -2.32. The van der Waals surface area contributed by atoms with Gasteiger partial charge in [-0.25, -0.2) is 0 Å². The molecule has 5 nitrogen and oxygen atoms in total. The highest BCUT2D eigenvalue weighted by Crippen LogP contribution is 2.16. The lowest BCUT2D eigenvalue weighted by atomic mass is 10.1. The maximum atomic E-state index is 11.2. The number of halogens is 1. The fourth-order valence-electron chi connectivity index (χ4n) is 2.41. The minimum Gasteiger partial charge on any atom is -0.492 e. The Hall–Kier alpha value is -1.30. The van der Waals surface area contributed by atoms with Gasteiger partial charge in [0.05, 0.1) is 6.54 Å². The predicted molar refractivity (Wildman–Crippen MR) is 83.6 cm³/mol. The van der Waals surface area contributed by atoms with Crippen molar-refractivity contribution in [2.75, 3.05) is 32.8 Å². The molecule has 1 aromatic rings. The van der Waals surface area contributed by atoms with Crippen LogP contribution in [0, 0.1) is 0 Å². The van der Waals surface area contributed by atoms with Gasteiger partial charge in [-0.2, -0.15) is 0 Å². The Kier molecular flexibility index (Phi) is 6.29. The molecule has 116 valence electrons. The fourth-order valence-corrected chi connectivity index (χ4v) is 2.54. The van der Waals surface area contributed by atoms with Crippen LogP contribution in [0.4, 0.5) is 0 Å². The highest BCUT2D eigenvalue weighted by atomic mass is 35.5. The molecule has 0 saturated carbocycles. The molecule has 2 rings (SSSR count). The van der Waals surface area contributed by atoms with Crippen LogP contribution in [0.2, 0.25) is 5.02 Å². The van der Waals surface area contributed by atoms with Crippen LogP contribution in [0.15, 0.2) is 24.3 Å². The summed E-state index contributed by atoms with van der Waals surface area (Å²) in [5.74, 6) is 0.768. The van der Waals surface area contributed by atoms with Crippen LogP contribution < -0.4 is 15.8 Å². The Bertz CT molecular complexity index is 445. The van der Waals surface area contributed by atoms with Gasteiger partial charge >= 0.3 is 0 Å². The first-order chi connectivity index (χ1) is 10.2. The maximum Gasteiger partial charge on any atom is 0.233 e. The Morgan fingerprint density at radius 3 is 2.62 bits per heavy atom. The van der Waals surface area contributed by atoms with Crippen molar-refractivity contribution in [1.29, 1.82) is 0 Å². The average Bonchev–Trinajstić information content (AvgIpc) is 2.51. The molecular formula is C15H22ClN3O2. The number of hydrogen-bond donors (Lipinski definition) is 2. The third kappa shape index (κ3) is 5.53. The van der Waals surface area contributed by atoms with Gasteiger partial charge < -0.3 is 15.8 Å². The van der Waals surface area contributed by atoms with E-state index in [1.54, 1.807) is 0 Å². The number of nitrogens with one attached hydrogen (secondary N) is 1. The minimum absolute atomic E-state index is 0.0646. The zero-order valence-electron chi connectivity index (χ0n) is 12.1. The van der Waals surface area contributed by atoms with Gasteiger partial charge in [0, 0.05) is 30.7 Å². The SMILES string of the molecule is NCC(=O)NC1CCN(CCOc2ccc(Cl)cc2)CC1. The van der Waals surface area contributed by atoms with Crippen LogP contribution >= 0.6 is 11.6 Å². The van der Waals surface area contributed by atoms with Crippen molar-refractivity contribution in [2.45, 2.75) is 18.9 Å². The van der Waals surface area contributed by atoms with Gasteiger partial charge in [-0.15, -0.1) is 0 Å². The highest BCUT2D eigenvalue weighted by molar-refractivity contribution is 6.30. The molecule has 0 unspecified atom stereocenters. The van der Waals surface area contributed by atoms with Crippen LogP contribution in [0.25, 0.3) is 0 Å². The maximum absolute atomic E-state index is 11.2. The summed E-state index contributed by atoms with van der Waals surface area (Å²) >= 11 is 5.83. The zero-order valence-corrected chi connectivity index (χ0v) is 12.8. The molecule has 1 aromatic carbocycles. The summed E-state index contributed by atoms with van der Waals surface area (Å²) in [4.78, 5) is 13.6. The van der Waals surface area contributed by atoms with Crippen molar-refractivity contribution in [1.82, 2.24) is 10.2 Å². The molecule has 0 aromatic heterocycles. The number of carbonyl (C=O) groups excluding carboxylic acids is 1. The first kappa shape index (κ1) is 16.1. The summed E-state index contributed by atoms with van der Waals surface area (Å²) in [5, 5.41) is 3.65. The smallest absolute Gasteiger partial charge is 0.233 e. The van der Waals surface area contributed by atoms with Gasteiger partial charge in [0.1, 0.15) is 12.4 Å². The van der Waals surface area contributed by atoms with Crippen LogP contribution in [-0.4, -0.2) is 49.6 Å². The molecule has 3 N–H and O–H groups in total. The third-order valence-electron chi connectivity index (χ3n) is 3.63. The van der Waals surface area contributed by atoms with E-state index in [-0.39, 0.29) is 18.5 Å². The Balaban J connectivity index is 1.62. The summed E-state index contributed by atoms with van der Waals surface area (Å²) in [7, 11) is 0. The molecule has 1 aliphatic heterocycles. The molecule has 1 saturated heterocycles. The van der Waals surface area contributed by atoms with E-state index in [0.717, 1.165) is 38.2 Å². The minimum atomic E-state index is -0.0699. The number of nitrogens with two attached hydrogens (primary N) is 1. The fraction of sp³-hybridized carbons (Fsp3) is 0.533. The molecule has 1 heterocycles. The molecule has 0 bridgehead atoms. The van der Waals surface area contributed by atoms with Crippen molar-refractivity contribution in [3.05, 3.63) is 29.3 Å². The average molecular weight is 312 g/mol. The molecule has 21 heavy (non-hydrogen) atoms. The second-order valence-corrected chi connectivity index (χ2v) is 5.63. The number of benzene rings is 1. The normalized spacial score (nSPS) is 16.7. The van der Waals surface area contributed by atoms with Gasteiger partial charge in [-0.1, -0.05) is 11.6 Å². The second-order valence-electron chi connectivity index (χ2n) is 5.19. The number of amides is 1. The number of piperidine rings is 1. The number of hydrogen-bond acceptors (Lipinski definition) is 4. The van der Waals surface area contributed by atoms with Gasteiger partial charge in [-0.3, -0.25) is 9.69 Å². The number of ether oxygens (including phenoxy) is 1. The van der Waals surface area contributed by atoms with Crippen molar-refractivity contribution in [2.24, 2.45) is 5.73 Å². The summed E-state index contributed by atoms with van der Waals surface area (Å²) in [5.41, 5.74) is 5.30. The van der Waals surface area contributed by atoms with E-state index in [4.69, 9.17) is 22.1 Å². The van der Waals surface area contributed by atoms with Crippen LogP contribution in [-0.2, 0) is 4.79 Å². The van der Waals surface area contributed by atoms with E-state index in [2.05, 4.69) is 10.2 Å². The Morgan fingerprint density at radius 1 is 1.33 bits per heavy atom. The number of carbonyl (C=O) groups is 1. The van der Waals surface area contributed by atoms with Gasteiger partial charge in [0.2, 0.25) is 5.91 Å². The predicted octanol–water partition coefficient (Wildman–Crippen LogP) is 1.26. The molecule has 6 heteroatoms.